The maximum absolute atomic E-state index is 13.9. The number of aliphatic carboxylic acids is 1. The average molecular weight is 592 g/mol. The number of carboxylic acids is 1. The lowest BCUT2D eigenvalue weighted by molar-refractivity contribution is -0.140. The molecular weight excluding hydrogens is 561 g/mol. The first kappa shape index (κ1) is 32.8. The van der Waals surface area contributed by atoms with Crippen LogP contribution in [0, 0.1) is 5.82 Å². The highest BCUT2D eigenvalue weighted by molar-refractivity contribution is 7.89. The smallest absolute Gasteiger partial charge is 0.305 e. The molecule has 0 aliphatic heterocycles. The number of ether oxygens (including phenoxy) is 1. The van der Waals surface area contributed by atoms with Crippen LogP contribution in [0.3, 0.4) is 0 Å². The van der Waals surface area contributed by atoms with Crippen molar-refractivity contribution in [2.24, 2.45) is 0 Å². The molecule has 4 N–H and O–H groups in total. The second-order valence-electron chi connectivity index (χ2n) is 8.99. The van der Waals surface area contributed by atoms with Gasteiger partial charge in [0.2, 0.25) is 21.8 Å². The lowest BCUT2D eigenvalue weighted by Crippen LogP contribution is -2.54. The standard InChI is InChI=1S/C27H30FN3O9S/c1-15(2)26(31-24(34)12-18-11-17(16(3)32)9-10-22(18)40-4)27(37)30-20(13-25(35)36)21(33)14-29-41(38,39)23-8-6-5-7-19(23)28/h5-11,20,26,29H,1,12-14H2,2-4H3,(H,30,37)(H,31,34)(H,35,36)/t20-,26-/m0/s1. The number of carbonyl (C=O) groups is 5. The molecule has 2 aromatic carbocycles. The number of amides is 2. The minimum absolute atomic E-state index is 0.141. The number of ketones is 2. The number of hydrogen-bond donors (Lipinski definition) is 4. The molecule has 41 heavy (non-hydrogen) atoms. The van der Waals surface area contributed by atoms with Crippen molar-refractivity contribution < 1.29 is 46.6 Å². The van der Waals surface area contributed by atoms with Crippen molar-refractivity contribution in [1.82, 2.24) is 15.4 Å². The van der Waals surface area contributed by atoms with Crippen molar-refractivity contribution in [3.63, 3.8) is 0 Å². The van der Waals surface area contributed by atoms with Gasteiger partial charge in [-0.1, -0.05) is 18.7 Å². The second-order valence-corrected chi connectivity index (χ2v) is 10.7. The van der Waals surface area contributed by atoms with Crippen molar-refractivity contribution in [2.75, 3.05) is 13.7 Å². The lowest BCUT2D eigenvalue weighted by Gasteiger charge is -2.23. The number of rotatable bonds is 15. The van der Waals surface area contributed by atoms with E-state index in [0.717, 1.165) is 12.1 Å². The Labute approximate surface area is 236 Å². The molecule has 2 rings (SSSR count). The molecule has 0 bridgehead atoms. The first-order valence-corrected chi connectivity index (χ1v) is 13.6. The zero-order valence-electron chi connectivity index (χ0n) is 22.5. The average Bonchev–Trinajstić information content (AvgIpc) is 2.89. The van der Waals surface area contributed by atoms with Gasteiger partial charge >= 0.3 is 5.97 Å². The third kappa shape index (κ3) is 9.32. The third-order valence-corrected chi connectivity index (χ3v) is 7.18. The Kier molecular flexibility index (Phi) is 11.4. The SMILES string of the molecule is C=C(C)[C@H](NC(=O)Cc1cc(C(C)=O)ccc1OC)C(=O)N[C@@H](CC(=O)O)C(=O)CNS(=O)(=O)c1ccccc1F. The molecule has 14 heteroatoms. The van der Waals surface area contributed by atoms with E-state index in [9.17, 15) is 41.9 Å². The number of nitrogens with one attached hydrogen (secondary N) is 3. The normalized spacial score (nSPS) is 12.5. The summed E-state index contributed by atoms with van der Waals surface area (Å²) in [6.45, 7) is 5.47. The first-order valence-electron chi connectivity index (χ1n) is 12.1. The van der Waals surface area contributed by atoms with Crippen LogP contribution in [0.5, 0.6) is 5.75 Å². The van der Waals surface area contributed by atoms with E-state index in [4.69, 9.17) is 4.74 Å². The molecule has 0 unspecified atom stereocenters. The van der Waals surface area contributed by atoms with Gasteiger partial charge in [-0.25, -0.2) is 17.5 Å². The minimum atomic E-state index is -4.47. The fraction of sp³-hybridized carbons (Fsp3) is 0.296. The molecule has 0 saturated heterocycles. The summed E-state index contributed by atoms with van der Waals surface area (Å²) in [5, 5.41) is 13.9. The Morgan fingerprint density at radius 1 is 1.05 bits per heavy atom. The van der Waals surface area contributed by atoms with Gasteiger partial charge in [0, 0.05) is 11.1 Å². The van der Waals surface area contributed by atoms with E-state index in [2.05, 4.69) is 17.2 Å². The van der Waals surface area contributed by atoms with E-state index in [1.54, 1.807) is 0 Å². The Morgan fingerprint density at radius 3 is 2.27 bits per heavy atom. The molecule has 0 saturated carbocycles. The van der Waals surface area contributed by atoms with Gasteiger partial charge in [-0.3, -0.25) is 24.0 Å². The van der Waals surface area contributed by atoms with Crippen molar-refractivity contribution in [1.29, 1.82) is 0 Å². The Hall–Kier alpha value is -4.43. The van der Waals surface area contributed by atoms with E-state index in [0.29, 0.717) is 16.9 Å². The number of sulfonamides is 1. The summed E-state index contributed by atoms with van der Waals surface area (Å²) >= 11 is 0. The predicted molar refractivity (Wildman–Crippen MR) is 144 cm³/mol. The molecule has 2 aromatic rings. The van der Waals surface area contributed by atoms with Gasteiger partial charge in [-0.2, -0.15) is 0 Å². The zero-order valence-corrected chi connectivity index (χ0v) is 23.3. The summed E-state index contributed by atoms with van der Waals surface area (Å²) in [6, 6.07) is 5.85. The van der Waals surface area contributed by atoms with Crippen LogP contribution in [-0.2, 0) is 35.6 Å². The molecule has 12 nitrogen and oxygen atoms in total. The quantitative estimate of drug-likeness (QED) is 0.174. The minimum Gasteiger partial charge on any atom is -0.496 e. The molecule has 0 radical (unpaired) electrons. The zero-order chi connectivity index (χ0) is 30.9. The number of carbonyl (C=O) groups excluding carboxylic acids is 4. The highest BCUT2D eigenvalue weighted by atomic mass is 32.2. The number of hydrogen-bond acceptors (Lipinski definition) is 8. The Bertz CT molecular complexity index is 1470. The van der Waals surface area contributed by atoms with E-state index in [1.165, 1.54) is 51.3 Å². The number of Topliss-reactive ketones (excluding diaryl/α,β-unsaturated/α-hetero) is 2. The van der Waals surface area contributed by atoms with Crippen LogP contribution < -0.4 is 20.1 Å². The molecule has 0 fully saturated rings. The van der Waals surface area contributed by atoms with Crippen molar-refractivity contribution >= 4 is 39.4 Å². The maximum atomic E-state index is 13.9. The fourth-order valence-electron chi connectivity index (χ4n) is 3.64. The number of methoxy groups -OCH3 is 1. The Balaban J connectivity index is 2.16. The third-order valence-electron chi connectivity index (χ3n) is 5.74. The van der Waals surface area contributed by atoms with Crippen LogP contribution in [0.4, 0.5) is 4.39 Å². The monoisotopic (exact) mass is 591 g/mol. The van der Waals surface area contributed by atoms with Gasteiger partial charge in [0.15, 0.2) is 11.6 Å². The molecule has 220 valence electrons. The van der Waals surface area contributed by atoms with Gasteiger partial charge in [0.25, 0.3) is 0 Å². The van der Waals surface area contributed by atoms with Gasteiger partial charge in [-0.15, -0.1) is 0 Å². The topological polar surface area (TPSA) is 185 Å². The maximum Gasteiger partial charge on any atom is 0.305 e. The molecule has 0 aliphatic rings. The molecule has 0 heterocycles. The van der Waals surface area contributed by atoms with E-state index < -0.39 is 69.4 Å². The van der Waals surface area contributed by atoms with Crippen LogP contribution in [0.1, 0.15) is 36.2 Å². The highest BCUT2D eigenvalue weighted by Crippen LogP contribution is 2.21. The predicted octanol–water partition coefficient (Wildman–Crippen LogP) is 1.15. The van der Waals surface area contributed by atoms with Gasteiger partial charge in [-0.05, 0) is 49.8 Å². The molecule has 2 atom stereocenters. The van der Waals surface area contributed by atoms with Crippen LogP contribution in [0.25, 0.3) is 0 Å². The van der Waals surface area contributed by atoms with Crippen LogP contribution in [-0.4, -0.2) is 68.6 Å². The Morgan fingerprint density at radius 2 is 1.71 bits per heavy atom. The second kappa shape index (κ2) is 14.3. The summed E-state index contributed by atoms with van der Waals surface area (Å²) in [6.07, 6.45) is -1.20. The lowest BCUT2D eigenvalue weighted by atomic mass is 10.0. The highest BCUT2D eigenvalue weighted by Gasteiger charge is 2.30. The van der Waals surface area contributed by atoms with Gasteiger partial charge < -0.3 is 20.5 Å². The number of benzene rings is 2. The van der Waals surface area contributed by atoms with Crippen LogP contribution in [0.15, 0.2) is 59.5 Å². The molecule has 2 amide bonds. The first-order chi connectivity index (χ1) is 19.2. The summed E-state index contributed by atoms with van der Waals surface area (Å²) in [5.74, 6) is -5.14. The molecular formula is C27H30FN3O9S. The summed E-state index contributed by atoms with van der Waals surface area (Å²) in [5.41, 5.74) is 0.838. The van der Waals surface area contributed by atoms with Gasteiger partial charge in [0.05, 0.1) is 32.5 Å². The van der Waals surface area contributed by atoms with Crippen LogP contribution in [0.2, 0.25) is 0 Å². The summed E-state index contributed by atoms with van der Waals surface area (Å²) in [7, 11) is -3.10. The molecule has 0 aromatic heterocycles. The van der Waals surface area contributed by atoms with E-state index >= 15 is 0 Å². The summed E-state index contributed by atoms with van der Waals surface area (Å²) in [4.78, 5) is 60.9. The molecule has 0 aliphatic carbocycles. The number of halogens is 1. The fourth-order valence-corrected chi connectivity index (χ4v) is 4.71. The largest absolute Gasteiger partial charge is 0.496 e. The van der Waals surface area contributed by atoms with Gasteiger partial charge in [0.1, 0.15) is 22.5 Å². The van der Waals surface area contributed by atoms with Crippen molar-refractivity contribution in [2.45, 2.75) is 43.7 Å². The van der Waals surface area contributed by atoms with E-state index in [-0.39, 0.29) is 17.8 Å². The molecule has 0 spiro atoms. The number of carboxylic acid groups (broad SMARTS) is 1. The van der Waals surface area contributed by atoms with E-state index in [1.807, 2.05) is 4.72 Å². The van der Waals surface area contributed by atoms with Crippen LogP contribution >= 0.6 is 0 Å². The summed E-state index contributed by atoms with van der Waals surface area (Å²) < 4.78 is 45.8. The van der Waals surface area contributed by atoms with Crippen molar-refractivity contribution in [3.8, 4) is 5.75 Å². The van der Waals surface area contributed by atoms with Crippen molar-refractivity contribution in [3.05, 3.63) is 71.6 Å².